The van der Waals surface area contributed by atoms with Crippen LogP contribution in [0.5, 0.6) is 0 Å². The van der Waals surface area contributed by atoms with E-state index in [-0.39, 0.29) is 12.1 Å². The van der Waals surface area contributed by atoms with Gasteiger partial charge in [-0.1, -0.05) is 29.8 Å². The largest absolute Gasteiger partial charge is 0.336 e. The Morgan fingerprint density at radius 2 is 2.04 bits per heavy atom. The Morgan fingerprint density at radius 3 is 2.62 bits per heavy atom. The lowest BCUT2D eigenvalue weighted by Crippen LogP contribution is -2.39. The monoisotopic (exact) mass is 409 g/mol. The molecule has 2 amide bonds. The summed E-state index contributed by atoms with van der Waals surface area (Å²) in [6.45, 7) is 8.75. The maximum Gasteiger partial charge on any atom is 0.319 e. The minimum atomic E-state index is -0.173. The lowest BCUT2D eigenvalue weighted by atomic mass is 10.1. The SMILES string of the molecule is CCN(CC)C(CNC(=O)Nc1ccc(Br)cc1C)c1ccsc1. The average molecular weight is 410 g/mol. The number of nitrogens with zero attached hydrogens (tertiary/aromatic N) is 1. The molecule has 1 aromatic heterocycles. The Kier molecular flexibility index (Phi) is 7.27. The van der Waals surface area contributed by atoms with Crippen molar-refractivity contribution in [3.8, 4) is 0 Å². The van der Waals surface area contributed by atoms with Gasteiger partial charge in [0.1, 0.15) is 0 Å². The van der Waals surface area contributed by atoms with Gasteiger partial charge in [-0.3, -0.25) is 4.90 Å². The summed E-state index contributed by atoms with van der Waals surface area (Å²) in [6.07, 6.45) is 0. The fraction of sp³-hybridized carbons (Fsp3) is 0.389. The number of hydrogen-bond acceptors (Lipinski definition) is 3. The number of benzene rings is 1. The maximum absolute atomic E-state index is 12.3. The maximum atomic E-state index is 12.3. The highest BCUT2D eigenvalue weighted by Crippen LogP contribution is 2.23. The minimum absolute atomic E-state index is 0.173. The number of amides is 2. The topological polar surface area (TPSA) is 44.4 Å². The summed E-state index contributed by atoms with van der Waals surface area (Å²) in [6, 6.07) is 7.97. The van der Waals surface area contributed by atoms with E-state index in [4.69, 9.17) is 0 Å². The molecule has 24 heavy (non-hydrogen) atoms. The van der Waals surface area contributed by atoms with E-state index in [0.717, 1.165) is 28.8 Å². The zero-order chi connectivity index (χ0) is 17.5. The smallest absolute Gasteiger partial charge is 0.319 e. The molecule has 2 N–H and O–H groups in total. The standard InChI is InChI=1S/C18H24BrN3OS/c1-4-22(5-2)17(14-8-9-24-12-14)11-20-18(23)21-16-7-6-15(19)10-13(16)3/h6-10,12,17H,4-5,11H2,1-3H3,(H2,20,21,23). The summed E-state index contributed by atoms with van der Waals surface area (Å²) < 4.78 is 1.00. The predicted octanol–water partition coefficient (Wildman–Crippen LogP) is 5.02. The molecule has 6 heteroatoms. The average Bonchev–Trinajstić information content (AvgIpc) is 3.08. The van der Waals surface area contributed by atoms with Crippen molar-refractivity contribution in [2.24, 2.45) is 0 Å². The Balaban J connectivity index is 1.99. The van der Waals surface area contributed by atoms with Gasteiger partial charge in [-0.2, -0.15) is 11.3 Å². The lowest BCUT2D eigenvalue weighted by Gasteiger charge is -2.29. The molecule has 1 atom stereocenters. The fourth-order valence-corrected chi connectivity index (χ4v) is 3.89. The number of urea groups is 1. The van der Waals surface area contributed by atoms with Crippen molar-refractivity contribution in [3.63, 3.8) is 0 Å². The van der Waals surface area contributed by atoms with Gasteiger partial charge in [0, 0.05) is 16.7 Å². The van der Waals surface area contributed by atoms with Gasteiger partial charge >= 0.3 is 6.03 Å². The molecule has 2 aromatic rings. The van der Waals surface area contributed by atoms with Crippen molar-refractivity contribution in [2.45, 2.75) is 26.8 Å². The molecule has 4 nitrogen and oxygen atoms in total. The molecule has 130 valence electrons. The molecule has 0 aliphatic carbocycles. The van der Waals surface area contributed by atoms with Crippen LogP contribution in [0.3, 0.4) is 0 Å². The van der Waals surface area contributed by atoms with Gasteiger partial charge in [-0.25, -0.2) is 4.79 Å². The number of nitrogens with one attached hydrogen (secondary N) is 2. The first kappa shape index (κ1) is 19.0. The molecule has 0 aliphatic heterocycles. The second-order valence-electron chi connectivity index (χ2n) is 5.59. The molecule has 0 spiro atoms. The number of carbonyl (C=O) groups excluding carboxylic acids is 1. The van der Waals surface area contributed by atoms with Gasteiger partial charge in [0.25, 0.3) is 0 Å². The van der Waals surface area contributed by atoms with Crippen molar-refractivity contribution >= 4 is 39.0 Å². The van der Waals surface area contributed by atoms with Crippen molar-refractivity contribution in [3.05, 3.63) is 50.6 Å². The minimum Gasteiger partial charge on any atom is -0.336 e. The van der Waals surface area contributed by atoms with Crippen LogP contribution in [0.15, 0.2) is 39.5 Å². The van der Waals surface area contributed by atoms with Gasteiger partial charge in [-0.15, -0.1) is 0 Å². The zero-order valence-corrected chi connectivity index (χ0v) is 16.7. The molecule has 0 saturated carbocycles. The molecule has 0 aliphatic rings. The number of anilines is 1. The second kappa shape index (κ2) is 9.20. The zero-order valence-electron chi connectivity index (χ0n) is 14.3. The van der Waals surface area contributed by atoms with Crippen LogP contribution < -0.4 is 10.6 Å². The Hall–Kier alpha value is -1.37. The quantitative estimate of drug-likeness (QED) is 0.673. The third kappa shape index (κ3) is 5.06. The Bertz CT molecular complexity index is 656. The Morgan fingerprint density at radius 1 is 1.29 bits per heavy atom. The summed E-state index contributed by atoms with van der Waals surface area (Å²) in [7, 11) is 0. The molecule has 1 aromatic carbocycles. The highest BCUT2D eigenvalue weighted by atomic mass is 79.9. The van der Waals surface area contributed by atoms with Crippen LogP contribution in [0.25, 0.3) is 0 Å². The molecule has 1 heterocycles. The van der Waals surface area contributed by atoms with Crippen LogP contribution in [-0.4, -0.2) is 30.6 Å². The second-order valence-corrected chi connectivity index (χ2v) is 7.28. The van der Waals surface area contributed by atoms with Gasteiger partial charge in [0.2, 0.25) is 0 Å². The Labute approximate surface area is 156 Å². The van der Waals surface area contributed by atoms with E-state index in [9.17, 15) is 4.79 Å². The summed E-state index contributed by atoms with van der Waals surface area (Å²) in [5.74, 6) is 0. The van der Waals surface area contributed by atoms with Crippen LogP contribution in [-0.2, 0) is 0 Å². The summed E-state index contributed by atoms with van der Waals surface area (Å²) in [5.41, 5.74) is 3.10. The van der Waals surface area contributed by atoms with E-state index in [1.807, 2.05) is 25.1 Å². The molecule has 0 bridgehead atoms. The van der Waals surface area contributed by atoms with E-state index in [1.54, 1.807) is 11.3 Å². The number of carbonyl (C=O) groups is 1. The molecule has 2 rings (SSSR count). The van der Waals surface area contributed by atoms with Gasteiger partial charge in [0.15, 0.2) is 0 Å². The molecular formula is C18H24BrN3OS. The van der Waals surface area contributed by atoms with E-state index in [1.165, 1.54) is 5.56 Å². The van der Waals surface area contributed by atoms with E-state index in [0.29, 0.717) is 6.54 Å². The highest BCUT2D eigenvalue weighted by Gasteiger charge is 2.19. The normalized spacial score (nSPS) is 12.2. The number of rotatable bonds is 7. The van der Waals surface area contributed by atoms with E-state index >= 15 is 0 Å². The van der Waals surface area contributed by atoms with Crippen molar-refractivity contribution in [2.75, 3.05) is 25.0 Å². The fourth-order valence-electron chi connectivity index (χ4n) is 2.71. The van der Waals surface area contributed by atoms with Crippen LogP contribution in [0, 0.1) is 6.92 Å². The molecular weight excluding hydrogens is 386 g/mol. The summed E-state index contributed by atoms with van der Waals surface area (Å²) in [5, 5.41) is 10.2. The number of hydrogen-bond donors (Lipinski definition) is 2. The number of aryl methyl sites for hydroxylation is 1. The molecule has 0 radical (unpaired) electrons. The first-order valence-electron chi connectivity index (χ1n) is 8.12. The first-order chi connectivity index (χ1) is 11.5. The van der Waals surface area contributed by atoms with Gasteiger partial charge in [-0.05, 0) is 66.2 Å². The predicted molar refractivity (Wildman–Crippen MR) is 106 cm³/mol. The van der Waals surface area contributed by atoms with Gasteiger partial charge < -0.3 is 10.6 Å². The summed E-state index contributed by atoms with van der Waals surface area (Å²) in [4.78, 5) is 14.6. The molecule has 0 saturated heterocycles. The van der Waals surface area contributed by atoms with Crippen molar-refractivity contribution in [1.29, 1.82) is 0 Å². The van der Waals surface area contributed by atoms with Crippen LogP contribution in [0.1, 0.15) is 31.0 Å². The molecule has 0 fully saturated rings. The lowest BCUT2D eigenvalue weighted by molar-refractivity contribution is 0.210. The first-order valence-corrected chi connectivity index (χ1v) is 9.85. The van der Waals surface area contributed by atoms with Crippen LogP contribution in [0.4, 0.5) is 10.5 Å². The van der Waals surface area contributed by atoms with Crippen molar-refractivity contribution in [1.82, 2.24) is 10.2 Å². The van der Waals surface area contributed by atoms with Crippen LogP contribution in [0.2, 0.25) is 0 Å². The third-order valence-corrected chi connectivity index (χ3v) is 5.27. The number of thiophene rings is 1. The van der Waals surface area contributed by atoms with Gasteiger partial charge in [0.05, 0.1) is 6.04 Å². The highest BCUT2D eigenvalue weighted by molar-refractivity contribution is 9.10. The van der Waals surface area contributed by atoms with E-state index in [2.05, 4.69) is 62.1 Å². The van der Waals surface area contributed by atoms with Crippen molar-refractivity contribution < 1.29 is 4.79 Å². The number of likely N-dealkylation sites (N-methyl/N-ethyl adjacent to an activating group) is 1. The summed E-state index contributed by atoms with van der Waals surface area (Å²) >= 11 is 5.12. The third-order valence-electron chi connectivity index (χ3n) is 4.07. The van der Waals surface area contributed by atoms with E-state index < -0.39 is 0 Å². The number of halogens is 1. The van der Waals surface area contributed by atoms with Crippen LogP contribution >= 0.6 is 27.3 Å². The molecule has 1 unspecified atom stereocenters.